The van der Waals surface area contributed by atoms with Gasteiger partial charge in [-0.05, 0) is 12.1 Å². The van der Waals surface area contributed by atoms with Gasteiger partial charge in [0.05, 0.1) is 17.0 Å². The van der Waals surface area contributed by atoms with Crippen LogP contribution in [0.3, 0.4) is 0 Å². The molecule has 2 rings (SSSR count). The van der Waals surface area contributed by atoms with Gasteiger partial charge in [0, 0.05) is 27.1 Å². The highest BCUT2D eigenvalue weighted by molar-refractivity contribution is 6.16. The van der Waals surface area contributed by atoms with Crippen LogP contribution in [0.25, 0.3) is 11.0 Å². The molecular formula is C14H15ClN4O. The molecule has 1 aromatic carbocycles. The maximum absolute atomic E-state index is 11.7. The fraction of sp³-hybridized carbons (Fsp3) is 0.357. The van der Waals surface area contributed by atoms with Crippen LogP contribution >= 0.6 is 11.6 Å². The van der Waals surface area contributed by atoms with E-state index in [0.29, 0.717) is 29.9 Å². The minimum absolute atomic E-state index is 0.0452. The Labute approximate surface area is 122 Å². The average Bonchev–Trinajstić information content (AvgIpc) is 2.82. The zero-order chi connectivity index (χ0) is 14.7. The number of halogens is 1. The SMILES string of the molecule is CN(C)C(=O)CCn1c(CCl)nc2c(C#N)cccc21. The number of carbonyl (C=O) groups excluding carboxylic acids is 1. The van der Waals surface area contributed by atoms with Crippen LogP contribution in [0.15, 0.2) is 18.2 Å². The lowest BCUT2D eigenvalue weighted by Gasteiger charge is -2.12. The van der Waals surface area contributed by atoms with E-state index in [1.54, 1.807) is 25.1 Å². The molecule has 6 heteroatoms. The van der Waals surface area contributed by atoms with Crippen LogP contribution in [0.1, 0.15) is 17.8 Å². The fourth-order valence-electron chi connectivity index (χ4n) is 2.07. The molecule has 0 aliphatic heterocycles. The van der Waals surface area contributed by atoms with Gasteiger partial charge in [0.2, 0.25) is 5.91 Å². The van der Waals surface area contributed by atoms with Gasteiger partial charge < -0.3 is 9.47 Å². The molecule has 0 fully saturated rings. The first-order valence-electron chi connectivity index (χ1n) is 6.22. The van der Waals surface area contributed by atoms with Crippen LogP contribution in [-0.4, -0.2) is 34.5 Å². The molecule has 1 heterocycles. The van der Waals surface area contributed by atoms with E-state index in [9.17, 15) is 4.79 Å². The molecule has 0 atom stereocenters. The minimum Gasteiger partial charge on any atom is -0.349 e. The lowest BCUT2D eigenvalue weighted by molar-refractivity contribution is -0.128. The highest BCUT2D eigenvalue weighted by atomic mass is 35.5. The molecule has 20 heavy (non-hydrogen) atoms. The second-order valence-electron chi connectivity index (χ2n) is 4.64. The largest absolute Gasteiger partial charge is 0.349 e. The van der Waals surface area contributed by atoms with Crippen LogP contribution in [0.5, 0.6) is 0 Å². The topological polar surface area (TPSA) is 61.9 Å². The molecule has 0 bridgehead atoms. The van der Waals surface area contributed by atoms with Gasteiger partial charge in [-0.3, -0.25) is 4.79 Å². The van der Waals surface area contributed by atoms with Crippen molar-refractivity contribution in [2.24, 2.45) is 0 Å². The average molecular weight is 291 g/mol. The molecule has 1 aromatic heterocycles. The molecule has 1 amide bonds. The summed E-state index contributed by atoms with van der Waals surface area (Å²) in [6.45, 7) is 0.504. The van der Waals surface area contributed by atoms with Crippen molar-refractivity contribution in [3.63, 3.8) is 0 Å². The van der Waals surface area contributed by atoms with E-state index in [1.807, 2.05) is 16.7 Å². The third-order valence-electron chi connectivity index (χ3n) is 3.15. The molecule has 5 nitrogen and oxygen atoms in total. The van der Waals surface area contributed by atoms with Crippen molar-refractivity contribution >= 4 is 28.5 Å². The van der Waals surface area contributed by atoms with Gasteiger partial charge in [-0.25, -0.2) is 4.98 Å². The number of carbonyl (C=O) groups is 1. The maximum atomic E-state index is 11.7. The molecule has 0 aliphatic carbocycles. The molecule has 104 valence electrons. The second kappa shape index (κ2) is 5.93. The van der Waals surface area contributed by atoms with Gasteiger partial charge in [-0.2, -0.15) is 5.26 Å². The molecule has 0 spiro atoms. The van der Waals surface area contributed by atoms with Crippen molar-refractivity contribution in [1.82, 2.24) is 14.5 Å². The number of nitriles is 1. The van der Waals surface area contributed by atoms with E-state index in [1.165, 1.54) is 0 Å². The van der Waals surface area contributed by atoms with Gasteiger partial charge in [0.15, 0.2) is 0 Å². The number of nitrogens with zero attached hydrogens (tertiary/aromatic N) is 4. The molecule has 0 saturated carbocycles. The number of benzene rings is 1. The van der Waals surface area contributed by atoms with Crippen molar-refractivity contribution < 1.29 is 4.79 Å². The lowest BCUT2D eigenvalue weighted by atomic mass is 10.2. The zero-order valence-electron chi connectivity index (χ0n) is 11.4. The number of para-hydroxylation sites is 1. The molecule has 0 unspecified atom stereocenters. The number of hydrogen-bond donors (Lipinski definition) is 0. The summed E-state index contributed by atoms with van der Waals surface area (Å²) in [5.41, 5.74) is 2.00. The Hall–Kier alpha value is -2.06. The number of aromatic nitrogens is 2. The zero-order valence-corrected chi connectivity index (χ0v) is 12.2. The normalized spacial score (nSPS) is 10.5. The summed E-state index contributed by atoms with van der Waals surface area (Å²) in [5.74, 6) is 0.968. The Morgan fingerprint density at radius 2 is 2.25 bits per heavy atom. The summed E-state index contributed by atoms with van der Waals surface area (Å²) in [6.07, 6.45) is 0.374. The summed E-state index contributed by atoms with van der Waals surface area (Å²) in [5, 5.41) is 9.11. The number of rotatable bonds is 4. The van der Waals surface area contributed by atoms with Gasteiger partial charge in [0.1, 0.15) is 17.4 Å². The Balaban J connectivity index is 2.42. The van der Waals surface area contributed by atoms with Crippen LogP contribution in [-0.2, 0) is 17.2 Å². The van der Waals surface area contributed by atoms with E-state index in [2.05, 4.69) is 11.1 Å². The molecule has 0 radical (unpaired) electrons. The number of fused-ring (bicyclic) bond motifs is 1. The van der Waals surface area contributed by atoms with E-state index in [0.717, 1.165) is 5.52 Å². The number of alkyl halides is 1. The Morgan fingerprint density at radius 1 is 1.50 bits per heavy atom. The predicted octanol–water partition coefficient (Wildman–Crippen LogP) is 2.13. The van der Waals surface area contributed by atoms with Crippen molar-refractivity contribution in [2.45, 2.75) is 18.8 Å². The highest BCUT2D eigenvalue weighted by Gasteiger charge is 2.14. The summed E-state index contributed by atoms with van der Waals surface area (Å²) >= 11 is 5.92. The molecule has 0 saturated heterocycles. The van der Waals surface area contributed by atoms with Gasteiger partial charge in [-0.1, -0.05) is 6.07 Å². The first-order chi connectivity index (χ1) is 9.58. The van der Waals surface area contributed by atoms with Crippen molar-refractivity contribution in [3.05, 3.63) is 29.6 Å². The van der Waals surface area contributed by atoms with Gasteiger partial charge in [-0.15, -0.1) is 11.6 Å². The Morgan fingerprint density at radius 3 is 2.85 bits per heavy atom. The molecule has 0 aliphatic rings. The van der Waals surface area contributed by atoms with E-state index in [4.69, 9.17) is 16.9 Å². The van der Waals surface area contributed by atoms with E-state index >= 15 is 0 Å². The summed E-state index contributed by atoms with van der Waals surface area (Å²) < 4.78 is 1.91. The summed E-state index contributed by atoms with van der Waals surface area (Å²) in [7, 11) is 3.45. The minimum atomic E-state index is 0.0452. The quantitative estimate of drug-likeness (QED) is 0.810. The highest BCUT2D eigenvalue weighted by Crippen LogP contribution is 2.21. The smallest absolute Gasteiger partial charge is 0.223 e. The van der Waals surface area contributed by atoms with Crippen LogP contribution in [0.4, 0.5) is 0 Å². The molecule has 2 aromatic rings. The first-order valence-corrected chi connectivity index (χ1v) is 6.76. The number of amides is 1. The Kier molecular flexibility index (Phi) is 4.26. The third-order valence-corrected chi connectivity index (χ3v) is 3.39. The predicted molar refractivity (Wildman–Crippen MR) is 77.3 cm³/mol. The van der Waals surface area contributed by atoms with Crippen molar-refractivity contribution in [2.75, 3.05) is 14.1 Å². The van der Waals surface area contributed by atoms with Gasteiger partial charge in [0.25, 0.3) is 0 Å². The van der Waals surface area contributed by atoms with Crippen molar-refractivity contribution in [3.8, 4) is 6.07 Å². The molecular weight excluding hydrogens is 276 g/mol. The van der Waals surface area contributed by atoms with Crippen molar-refractivity contribution in [1.29, 1.82) is 5.26 Å². The van der Waals surface area contributed by atoms with Crippen LogP contribution in [0.2, 0.25) is 0 Å². The number of aryl methyl sites for hydroxylation is 1. The third kappa shape index (κ3) is 2.61. The monoisotopic (exact) mass is 290 g/mol. The first kappa shape index (κ1) is 14.4. The van der Waals surface area contributed by atoms with Crippen LogP contribution in [0, 0.1) is 11.3 Å². The number of imidazole rings is 1. The summed E-state index contributed by atoms with van der Waals surface area (Å²) in [6, 6.07) is 7.55. The lowest BCUT2D eigenvalue weighted by Crippen LogP contribution is -2.23. The maximum Gasteiger partial charge on any atom is 0.223 e. The fourth-order valence-corrected chi connectivity index (χ4v) is 2.27. The van der Waals surface area contributed by atoms with E-state index < -0.39 is 0 Å². The van der Waals surface area contributed by atoms with Crippen LogP contribution < -0.4 is 0 Å². The second-order valence-corrected chi connectivity index (χ2v) is 4.90. The van der Waals surface area contributed by atoms with E-state index in [-0.39, 0.29) is 11.8 Å². The Bertz CT molecular complexity index is 684. The molecule has 0 N–H and O–H groups in total. The number of hydrogen-bond acceptors (Lipinski definition) is 3. The summed E-state index contributed by atoms with van der Waals surface area (Å²) in [4.78, 5) is 17.7. The van der Waals surface area contributed by atoms with Gasteiger partial charge >= 0.3 is 0 Å². The standard InChI is InChI=1S/C14H15ClN4O/c1-18(2)13(20)6-7-19-11-5-3-4-10(9-16)14(11)17-12(19)8-15/h3-5H,6-8H2,1-2H3.